The maximum Gasteiger partial charge on any atom is 0.180 e. The van der Waals surface area contributed by atoms with Gasteiger partial charge in [0.15, 0.2) is 11.5 Å². The van der Waals surface area contributed by atoms with Crippen LogP contribution in [-0.2, 0) is 13.2 Å². The molecule has 0 amide bonds. The summed E-state index contributed by atoms with van der Waals surface area (Å²) in [4.78, 5) is 0. The maximum atomic E-state index is 6.43. The van der Waals surface area contributed by atoms with Gasteiger partial charge in [-0.2, -0.15) is 0 Å². The predicted octanol–water partition coefficient (Wildman–Crippen LogP) is 6.02. The van der Waals surface area contributed by atoms with E-state index >= 15 is 0 Å². The highest BCUT2D eigenvalue weighted by Crippen LogP contribution is 2.37. The summed E-state index contributed by atoms with van der Waals surface area (Å²) in [6.07, 6.45) is 5.04. The van der Waals surface area contributed by atoms with Gasteiger partial charge in [-0.05, 0) is 36.2 Å². The fourth-order valence-corrected chi connectivity index (χ4v) is 2.94. The number of hydrogen-bond donors (Lipinski definition) is 1. The minimum atomic E-state index is 0. The maximum absolute atomic E-state index is 6.43. The first kappa shape index (κ1) is 22.6. The third kappa shape index (κ3) is 7.45. The molecule has 2 aromatic carbocycles. The highest BCUT2D eigenvalue weighted by molar-refractivity contribution is 6.32. The summed E-state index contributed by atoms with van der Waals surface area (Å²) >= 11 is 6.43. The predicted molar refractivity (Wildman–Crippen MR) is 112 cm³/mol. The number of rotatable bonds is 11. The van der Waals surface area contributed by atoms with E-state index in [0.29, 0.717) is 23.1 Å². The van der Waals surface area contributed by atoms with Crippen LogP contribution < -0.4 is 14.8 Å². The molecule has 0 aliphatic carbocycles. The number of unbranched alkanes of at least 4 members (excludes halogenated alkanes) is 3. The largest absolute Gasteiger partial charge is 0.493 e. The third-order valence-electron chi connectivity index (χ3n) is 4.05. The van der Waals surface area contributed by atoms with Crippen molar-refractivity contribution in [2.24, 2.45) is 0 Å². The molecule has 0 saturated heterocycles. The molecule has 2 rings (SSSR count). The van der Waals surface area contributed by atoms with E-state index in [1.807, 2.05) is 42.5 Å². The Morgan fingerprint density at radius 3 is 2.46 bits per heavy atom. The highest BCUT2D eigenvalue weighted by Gasteiger charge is 2.12. The molecule has 0 atom stereocenters. The van der Waals surface area contributed by atoms with Crippen LogP contribution in [0, 0.1) is 0 Å². The summed E-state index contributed by atoms with van der Waals surface area (Å²) < 4.78 is 11.4. The average Bonchev–Trinajstić information content (AvgIpc) is 2.64. The summed E-state index contributed by atoms with van der Waals surface area (Å²) in [5.41, 5.74) is 2.20. The molecule has 3 nitrogen and oxygen atoms in total. The van der Waals surface area contributed by atoms with Crippen molar-refractivity contribution in [2.45, 2.75) is 45.8 Å². The zero-order valence-corrected chi connectivity index (χ0v) is 17.2. The number of nitrogens with one attached hydrogen (secondary N) is 1. The quantitative estimate of drug-likeness (QED) is 0.470. The lowest BCUT2D eigenvalue weighted by atomic mass is 10.1. The van der Waals surface area contributed by atoms with E-state index in [4.69, 9.17) is 21.1 Å². The van der Waals surface area contributed by atoms with E-state index < -0.39 is 0 Å². The summed E-state index contributed by atoms with van der Waals surface area (Å²) in [6, 6.07) is 14.0. The molecule has 0 aliphatic heterocycles. The van der Waals surface area contributed by atoms with Gasteiger partial charge in [-0.15, -0.1) is 12.4 Å². The molecule has 0 aromatic heterocycles. The van der Waals surface area contributed by atoms with Crippen molar-refractivity contribution < 1.29 is 9.47 Å². The lowest BCUT2D eigenvalue weighted by Crippen LogP contribution is -2.14. The number of hydrogen-bond acceptors (Lipinski definition) is 3. The van der Waals surface area contributed by atoms with E-state index in [1.165, 1.54) is 25.7 Å². The molecular formula is C21H29Cl2NO2. The summed E-state index contributed by atoms with van der Waals surface area (Å²) in [6.45, 7) is 4.49. The average molecular weight is 398 g/mol. The van der Waals surface area contributed by atoms with E-state index in [-0.39, 0.29) is 12.4 Å². The molecule has 26 heavy (non-hydrogen) atoms. The van der Waals surface area contributed by atoms with Gasteiger partial charge in [-0.1, -0.05) is 68.1 Å². The topological polar surface area (TPSA) is 30.5 Å². The number of benzene rings is 2. The van der Waals surface area contributed by atoms with Crippen molar-refractivity contribution in [3.63, 3.8) is 0 Å². The Balaban J connectivity index is 0.00000338. The molecule has 0 aliphatic rings. The fourth-order valence-electron chi connectivity index (χ4n) is 2.65. The van der Waals surface area contributed by atoms with Crippen LogP contribution in [0.1, 0.15) is 43.7 Å². The lowest BCUT2D eigenvalue weighted by molar-refractivity contribution is 0.284. The van der Waals surface area contributed by atoms with E-state index in [2.05, 4.69) is 12.2 Å². The second-order valence-electron chi connectivity index (χ2n) is 6.12. The van der Waals surface area contributed by atoms with Crippen LogP contribution in [0.5, 0.6) is 11.5 Å². The van der Waals surface area contributed by atoms with Crippen molar-refractivity contribution in [3.8, 4) is 11.5 Å². The van der Waals surface area contributed by atoms with E-state index in [1.54, 1.807) is 7.11 Å². The molecule has 2 aromatic rings. The standard InChI is InChI=1S/C21H28ClNO2.ClH/c1-3-4-5-9-12-23-15-18-13-19(22)21(20(14-18)24-2)25-16-17-10-7-6-8-11-17;/h6-8,10-11,13-14,23H,3-5,9,12,15-16H2,1-2H3;1H. The SMILES string of the molecule is CCCCCCNCc1cc(Cl)c(OCc2ccccc2)c(OC)c1.Cl. The minimum absolute atomic E-state index is 0. The number of halogens is 2. The van der Waals surface area contributed by atoms with Crippen molar-refractivity contribution in [1.82, 2.24) is 5.32 Å². The Bertz CT molecular complexity index is 635. The second-order valence-corrected chi connectivity index (χ2v) is 6.53. The second kappa shape index (κ2) is 12.9. The molecule has 1 N–H and O–H groups in total. The van der Waals surface area contributed by atoms with E-state index in [9.17, 15) is 0 Å². The minimum Gasteiger partial charge on any atom is -0.493 e. The van der Waals surface area contributed by atoms with Gasteiger partial charge < -0.3 is 14.8 Å². The number of methoxy groups -OCH3 is 1. The van der Waals surface area contributed by atoms with E-state index in [0.717, 1.165) is 24.2 Å². The van der Waals surface area contributed by atoms with Gasteiger partial charge in [0.1, 0.15) is 6.61 Å². The van der Waals surface area contributed by atoms with Crippen LogP contribution in [0.4, 0.5) is 0 Å². The van der Waals surface area contributed by atoms with Gasteiger partial charge in [-0.3, -0.25) is 0 Å². The zero-order chi connectivity index (χ0) is 17.9. The van der Waals surface area contributed by atoms with Crippen LogP contribution in [0.15, 0.2) is 42.5 Å². The van der Waals surface area contributed by atoms with Crippen LogP contribution in [0.2, 0.25) is 5.02 Å². The van der Waals surface area contributed by atoms with Crippen molar-refractivity contribution in [2.75, 3.05) is 13.7 Å². The van der Waals surface area contributed by atoms with Gasteiger partial charge >= 0.3 is 0 Å². The third-order valence-corrected chi connectivity index (χ3v) is 4.33. The normalized spacial score (nSPS) is 10.3. The number of ether oxygens (including phenoxy) is 2. The summed E-state index contributed by atoms with van der Waals surface area (Å²) in [7, 11) is 1.64. The molecular weight excluding hydrogens is 369 g/mol. The van der Waals surface area contributed by atoms with Crippen LogP contribution in [0.25, 0.3) is 0 Å². The zero-order valence-electron chi connectivity index (χ0n) is 15.6. The molecule has 0 radical (unpaired) electrons. The molecule has 0 saturated carbocycles. The van der Waals surface area contributed by atoms with Gasteiger partial charge in [0.25, 0.3) is 0 Å². The molecule has 0 bridgehead atoms. The smallest absolute Gasteiger partial charge is 0.180 e. The molecule has 0 fully saturated rings. The fraction of sp³-hybridized carbons (Fsp3) is 0.429. The monoisotopic (exact) mass is 397 g/mol. The molecule has 0 unspecified atom stereocenters. The Kier molecular flexibility index (Phi) is 11.2. The summed E-state index contributed by atoms with van der Waals surface area (Å²) in [5, 5.41) is 4.04. The van der Waals surface area contributed by atoms with Crippen LogP contribution >= 0.6 is 24.0 Å². The molecule has 5 heteroatoms. The van der Waals surface area contributed by atoms with Crippen molar-refractivity contribution in [1.29, 1.82) is 0 Å². The Hall–Kier alpha value is -1.42. The molecule has 0 spiro atoms. The first-order valence-electron chi connectivity index (χ1n) is 8.98. The Labute approximate surface area is 168 Å². The van der Waals surface area contributed by atoms with Gasteiger partial charge in [0.2, 0.25) is 0 Å². The molecule has 0 heterocycles. The lowest BCUT2D eigenvalue weighted by Gasteiger charge is -2.14. The van der Waals surface area contributed by atoms with Gasteiger partial charge in [0, 0.05) is 6.54 Å². The van der Waals surface area contributed by atoms with Gasteiger partial charge in [0.05, 0.1) is 12.1 Å². The van der Waals surface area contributed by atoms with Gasteiger partial charge in [-0.25, -0.2) is 0 Å². The first-order chi connectivity index (χ1) is 12.2. The van der Waals surface area contributed by atoms with Crippen LogP contribution in [0.3, 0.4) is 0 Å². The Morgan fingerprint density at radius 1 is 1.00 bits per heavy atom. The molecule has 144 valence electrons. The first-order valence-corrected chi connectivity index (χ1v) is 9.36. The van der Waals surface area contributed by atoms with Crippen molar-refractivity contribution >= 4 is 24.0 Å². The highest BCUT2D eigenvalue weighted by atomic mass is 35.5. The van der Waals surface area contributed by atoms with Crippen molar-refractivity contribution in [3.05, 3.63) is 58.6 Å². The summed E-state index contributed by atoms with van der Waals surface area (Å²) in [5.74, 6) is 1.27. The Morgan fingerprint density at radius 2 is 1.77 bits per heavy atom. The van der Waals surface area contributed by atoms with Crippen LogP contribution in [-0.4, -0.2) is 13.7 Å².